The van der Waals surface area contributed by atoms with Crippen LogP contribution in [0, 0.1) is 0 Å². The average molecular weight is 296 g/mol. The summed E-state index contributed by atoms with van der Waals surface area (Å²) < 4.78 is 7.35. The number of hydrogen-bond donors (Lipinski definition) is 0. The largest absolute Gasteiger partial charge is 0.377 e. The monoisotopic (exact) mass is 295 g/mol. The van der Waals surface area contributed by atoms with Crippen LogP contribution in [-0.2, 0) is 4.74 Å². The minimum atomic E-state index is 0.230. The Morgan fingerprint density at radius 1 is 1.40 bits per heavy atom. The summed E-state index contributed by atoms with van der Waals surface area (Å²) in [6.45, 7) is 8.45. The molecule has 1 atom stereocenters. The fraction of sp³-hybridized carbons (Fsp3) is 0.615. The number of morpholine rings is 1. The number of nitrogens with zero attached hydrogens (tertiary/aromatic N) is 5. The Morgan fingerprint density at radius 2 is 2.20 bits per heavy atom. The number of rotatable bonds is 2. The van der Waals surface area contributed by atoms with Crippen LogP contribution in [0.2, 0.25) is 5.28 Å². The molecule has 1 saturated heterocycles. The van der Waals surface area contributed by atoms with Gasteiger partial charge in [0.15, 0.2) is 5.65 Å². The van der Waals surface area contributed by atoms with Gasteiger partial charge in [-0.3, -0.25) is 0 Å². The smallest absolute Gasteiger partial charge is 0.226 e. The van der Waals surface area contributed by atoms with Crippen molar-refractivity contribution in [3.8, 4) is 0 Å². The van der Waals surface area contributed by atoms with Crippen LogP contribution in [0.1, 0.15) is 26.8 Å². The molecular weight excluding hydrogens is 278 g/mol. The highest BCUT2D eigenvalue weighted by Gasteiger charge is 2.24. The zero-order valence-corrected chi connectivity index (χ0v) is 12.6. The van der Waals surface area contributed by atoms with Crippen LogP contribution in [0.15, 0.2) is 6.20 Å². The Morgan fingerprint density at radius 3 is 2.90 bits per heavy atom. The van der Waals surface area contributed by atoms with Gasteiger partial charge in [-0.2, -0.15) is 15.1 Å². The molecule has 0 spiro atoms. The van der Waals surface area contributed by atoms with Crippen molar-refractivity contribution in [2.24, 2.45) is 0 Å². The van der Waals surface area contributed by atoms with Crippen molar-refractivity contribution in [1.82, 2.24) is 19.7 Å². The third kappa shape index (κ3) is 2.23. The maximum atomic E-state index is 6.10. The minimum absolute atomic E-state index is 0.230. The molecule has 0 unspecified atom stereocenters. The summed E-state index contributed by atoms with van der Waals surface area (Å²) in [5, 5.41) is 5.61. The Bertz CT molecular complexity index is 626. The third-order valence-corrected chi connectivity index (χ3v) is 3.70. The normalized spacial score (nSPS) is 20.1. The first-order valence-electron chi connectivity index (χ1n) is 6.83. The molecule has 0 radical (unpaired) electrons. The van der Waals surface area contributed by atoms with Crippen LogP contribution in [0.4, 0.5) is 5.82 Å². The predicted octanol–water partition coefficient (Wildman–Crippen LogP) is 2.29. The van der Waals surface area contributed by atoms with Crippen molar-refractivity contribution in [2.45, 2.75) is 32.9 Å². The Balaban J connectivity index is 2.15. The lowest BCUT2D eigenvalue weighted by Gasteiger charge is -2.34. The fourth-order valence-corrected chi connectivity index (χ4v) is 2.68. The van der Waals surface area contributed by atoms with Crippen LogP contribution in [0.25, 0.3) is 11.0 Å². The maximum Gasteiger partial charge on any atom is 0.226 e. The number of anilines is 1. The second-order valence-corrected chi connectivity index (χ2v) is 5.69. The van der Waals surface area contributed by atoms with Gasteiger partial charge in [0.05, 0.1) is 30.8 Å². The highest BCUT2D eigenvalue weighted by Crippen LogP contribution is 2.28. The summed E-state index contributed by atoms with van der Waals surface area (Å²) >= 11 is 6.10. The Hall–Kier alpha value is -1.40. The number of hydrogen-bond acceptors (Lipinski definition) is 5. The third-order valence-electron chi connectivity index (χ3n) is 3.54. The molecule has 0 aromatic carbocycles. The summed E-state index contributed by atoms with van der Waals surface area (Å²) in [5.41, 5.74) is 0.786. The SMILES string of the molecule is CC(C)n1ncc2c(N3CCOC[C@H]3C)nc(Cl)nc21. The first-order chi connectivity index (χ1) is 9.58. The van der Waals surface area contributed by atoms with E-state index in [2.05, 4.69) is 40.7 Å². The number of halogens is 1. The molecule has 0 N–H and O–H groups in total. The lowest BCUT2D eigenvalue weighted by atomic mass is 10.2. The molecule has 108 valence electrons. The molecule has 1 aliphatic rings. The molecule has 2 aromatic heterocycles. The molecule has 3 rings (SSSR count). The van der Waals surface area contributed by atoms with Gasteiger partial charge in [-0.15, -0.1) is 0 Å². The molecule has 7 heteroatoms. The summed E-state index contributed by atoms with van der Waals surface area (Å²) in [4.78, 5) is 11.0. The molecule has 1 aliphatic heterocycles. The van der Waals surface area contributed by atoms with Gasteiger partial charge in [-0.05, 0) is 32.4 Å². The van der Waals surface area contributed by atoms with Crippen molar-refractivity contribution >= 4 is 28.5 Å². The van der Waals surface area contributed by atoms with Crippen molar-refractivity contribution in [3.63, 3.8) is 0 Å². The lowest BCUT2D eigenvalue weighted by Crippen LogP contribution is -2.44. The van der Waals surface area contributed by atoms with Crippen LogP contribution in [0.3, 0.4) is 0 Å². The fourth-order valence-electron chi connectivity index (χ4n) is 2.52. The van der Waals surface area contributed by atoms with Gasteiger partial charge in [0, 0.05) is 12.6 Å². The standard InChI is InChI=1S/C13H18ClN5O/c1-8(2)19-12-10(6-15-19)11(16-13(14)17-12)18-4-5-20-7-9(18)3/h6,8-9H,4-5,7H2,1-3H3/t9-/m1/s1. The summed E-state index contributed by atoms with van der Waals surface area (Å²) in [6.07, 6.45) is 1.82. The second kappa shape index (κ2) is 5.18. The van der Waals surface area contributed by atoms with E-state index in [0.717, 1.165) is 23.4 Å². The van der Waals surface area contributed by atoms with Crippen LogP contribution in [0.5, 0.6) is 0 Å². The molecule has 0 bridgehead atoms. The van der Waals surface area contributed by atoms with Crippen LogP contribution >= 0.6 is 11.6 Å². The molecular formula is C13H18ClN5O. The highest BCUT2D eigenvalue weighted by molar-refractivity contribution is 6.28. The highest BCUT2D eigenvalue weighted by atomic mass is 35.5. The zero-order valence-electron chi connectivity index (χ0n) is 11.9. The summed E-state index contributed by atoms with van der Waals surface area (Å²) in [5.74, 6) is 0.850. The van der Waals surface area contributed by atoms with E-state index in [4.69, 9.17) is 16.3 Å². The molecule has 1 fully saturated rings. The van der Waals surface area contributed by atoms with E-state index in [1.165, 1.54) is 0 Å². The second-order valence-electron chi connectivity index (χ2n) is 5.35. The number of aromatic nitrogens is 4. The predicted molar refractivity (Wildman–Crippen MR) is 78.3 cm³/mol. The van der Waals surface area contributed by atoms with Crippen molar-refractivity contribution in [1.29, 1.82) is 0 Å². The molecule has 0 amide bonds. The van der Waals surface area contributed by atoms with Gasteiger partial charge >= 0.3 is 0 Å². The number of fused-ring (bicyclic) bond motifs is 1. The molecule has 2 aromatic rings. The van der Waals surface area contributed by atoms with E-state index in [1.807, 2.05) is 10.9 Å². The van der Waals surface area contributed by atoms with Crippen LogP contribution in [-0.4, -0.2) is 45.5 Å². The lowest BCUT2D eigenvalue weighted by molar-refractivity contribution is 0.0987. The maximum absolute atomic E-state index is 6.10. The van der Waals surface area contributed by atoms with Gasteiger partial charge in [0.25, 0.3) is 0 Å². The topological polar surface area (TPSA) is 56.1 Å². The summed E-state index contributed by atoms with van der Waals surface area (Å²) in [7, 11) is 0. The average Bonchev–Trinajstić information content (AvgIpc) is 2.82. The number of ether oxygens (including phenoxy) is 1. The molecule has 3 heterocycles. The molecule has 0 aliphatic carbocycles. The van der Waals surface area contributed by atoms with Gasteiger partial charge in [0.2, 0.25) is 5.28 Å². The van der Waals surface area contributed by atoms with E-state index >= 15 is 0 Å². The van der Waals surface area contributed by atoms with Crippen molar-refractivity contribution in [3.05, 3.63) is 11.5 Å². The van der Waals surface area contributed by atoms with Gasteiger partial charge < -0.3 is 9.64 Å². The van der Waals surface area contributed by atoms with Crippen molar-refractivity contribution < 1.29 is 4.74 Å². The van der Waals surface area contributed by atoms with Gasteiger partial charge in [-0.25, -0.2) is 4.68 Å². The van der Waals surface area contributed by atoms with Crippen molar-refractivity contribution in [2.75, 3.05) is 24.7 Å². The molecule has 20 heavy (non-hydrogen) atoms. The van der Waals surface area contributed by atoms with Crippen LogP contribution < -0.4 is 4.90 Å². The molecule has 6 nitrogen and oxygen atoms in total. The first-order valence-corrected chi connectivity index (χ1v) is 7.21. The van der Waals surface area contributed by atoms with E-state index in [-0.39, 0.29) is 17.4 Å². The Kier molecular flexibility index (Phi) is 3.52. The summed E-state index contributed by atoms with van der Waals surface area (Å²) in [6, 6.07) is 0.494. The first kappa shape index (κ1) is 13.6. The van der Waals surface area contributed by atoms with Gasteiger partial charge in [0.1, 0.15) is 5.82 Å². The minimum Gasteiger partial charge on any atom is -0.377 e. The zero-order chi connectivity index (χ0) is 14.3. The van der Waals surface area contributed by atoms with Gasteiger partial charge in [-0.1, -0.05) is 0 Å². The van der Waals surface area contributed by atoms with E-state index in [1.54, 1.807) is 0 Å². The van der Waals surface area contributed by atoms with E-state index < -0.39 is 0 Å². The Labute approximate surface area is 122 Å². The molecule has 0 saturated carbocycles. The van der Waals surface area contributed by atoms with E-state index in [0.29, 0.717) is 13.2 Å². The van der Waals surface area contributed by atoms with E-state index in [9.17, 15) is 0 Å². The quantitative estimate of drug-likeness (QED) is 0.796.